The van der Waals surface area contributed by atoms with Crippen LogP contribution in [0.3, 0.4) is 0 Å². The Kier molecular flexibility index (Phi) is 4.48. The molecule has 1 aromatic heterocycles. The summed E-state index contributed by atoms with van der Waals surface area (Å²) in [6.45, 7) is 2.17. The summed E-state index contributed by atoms with van der Waals surface area (Å²) in [7, 11) is 0. The van der Waals surface area contributed by atoms with Gasteiger partial charge in [0.1, 0.15) is 0 Å². The molecule has 1 spiro atoms. The first-order valence-corrected chi connectivity index (χ1v) is 9.61. The smallest absolute Gasteiger partial charge is 0.224 e. The second-order valence-corrected chi connectivity index (χ2v) is 8.11. The van der Waals surface area contributed by atoms with E-state index in [0.29, 0.717) is 18.4 Å². The van der Waals surface area contributed by atoms with E-state index in [1.807, 2.05) is 17.0 Å². The van der Waals surface area contributed by atoms with Crippen LogP contribution in [-0.2, 0) is 16.1 Å². The van der Waals surface area contributed by atoms with E-state index >= 15 is 0 Å². The molecule has 134 valence electrons. The highest BCUT2D eigenvalue weighted by Gasteiger charge is 2.61. The molecule has 2 heterocycles. The molecule has 25 heavy (non-hydrogen) atoms. The van der Waals surface area contributed by atoms with E-state index in [1.165, 1.54) is 25.7 Å². The lowest BCUT2D eigenvalue weighted by atomic mass is 10.0. The number of nitrogens with zero attached hydrogens (tertiary/aromatic N) is 2. The summed E-state index contributed by atoms with van der Waals surface area (Å²) >= 11 is 0. The summed E-state index contributed by atoms with van der Waals surface area (Å²) in [6, 6.07) is 3.84. The number of rotatable bonds is 5. The van der Waals surface area contributed by atoms with Gasteiger partial charge in [-0.2, -0.15) is 0 Å². The Labute approximate surface area is 149 Å². The van der Waals surface area contributed by atoms with Gasteiger partial charge in [-0.15, -0.1) is 0 Å². The molecule has 1 aliphatic heterocycles. The topological polar surface area (TPSA) is 62.3 Å². The highest BCUT2D eigenvalue weighted by atomic mass is 16.2. The zero-order valence-electron chi connectivity index (χ0n) is 14.7. The second-order valence-electron chi connectivity index (χ2n) is 8.11. The molecular weight excluding hydrogens is 314 g/mol. The van der Waals surface area contributed by atoms with E-state index in [0.717, 1.165) is 37.9 Å². The van der Waals surface area contributed by atoms with Gasteiger partial charge in [0.2, 0.25) is 11.8 Å². The van der Waals surface area contributed by atoms with E-state index in [2.05, 4.69) is 10.3 Å². The fourth-order valence-corrected chi connectivity index (χ4v) is 4.68. The van der Waals surface area contributed by atoms with Crippen molar-refractivity contribution in [1.82, 2.24) is 15.2 Å². The van der Waals surface area contributed by atoms with Gasteiger partial charge in [0.15, 0.2) is 0 Å². The first kappa shape index (κ1) is 16.6. The molecule has 2 aliphatic carbocycles. The van der Waals surface area contributed by atoms with Gasteiger partial charge >= 0.3 is 0 Å². The molecule has 1 N–H and O–H groups in total. The predicted octanol–water partition coefficient (Wildman–Crippen LogP) is 2.52. The number of amides is 2. The number of hydrogen-bond donors (Lipinski definition) is 1. The number of pyridine rings is 1. The van der Waals surface area contributed by atoms with Gasteiger partial charge in [-0.1, -0.05) is 12.8 Å². The molecule has 0 unspecified atom stereocenters. The van der Waals surface area contributed by atoms with Crippen LogP contribution in [0, 0.1) is 17.3 Å². The molecule has 2 amide bonds. The lowest BCUT2D eigenvalue weighted by Gasteiger charge is -2.19. The summed E-state index contributed by atoms with van der Waals surface area (Å²) < 4.78 is 0. The fourth-order valence-electron chi connectivity index (χ4n) is 4.68. The Bertz CT molecular complexity index is 642. The van der Waals surface area contributed by atoms with E-state index in [-0.39, 0.29) is 17.2 Å². The van der Waals surface area contributed by atoms with Gasteiger partial charge in [-0.25, -0.2) is 0 Å². The van der Waals surface area contributed by atoms with Gasteiger partial charge < -0.3 is 10.2 Å². The van der Waals surface area contributed by atoms with E-state index in [1.54, 1.807) is 12.4 Å². The third-order valence-electron chi connectivity index (χ3n) is 6.40. The van der Waals surface area contributed by atoms with Crippen molar-refractivity contribution in [2.75, 3.05) is 13.1 Å². The van der Waals surface area contributed by atoms with Crippen molar-refractivity contribution >= 4 is 11.8 Å². The average Bonchev–Trinajstić information content (AvgIpc) is 2.96. The maximum absolute atomic E-state index is 12.5. The van der Waals surface area contributed by atoms with Gasteiger partial charge in [0.25, 0.3) is 0 Å². The lowest BCUT2D eigenvalue weighted by molar-refractivity contribution is -0.131. The number of hydrogen-bond acceptors (Lipinski definition) is 3. The Hall–Kier alpha value is -1.91. The zero-order chi connectivity index (χ0) is 17.3. The van der Waals surface area contributed by atoms with Crippen molar-refractivity contribution in [3.05, 3.63) is 30.1 Å². The molecule has 5 nitrogen and oxygen atoms in total. The maximum atomic E-state index is 12.5. The minimum Gasteiger partial charge on any atom is -0.352 e. The van der Waals surface area contributed by atoms with E-state index in [9.17, 15) is 9.59 Å². The number of carbonyl (C=O) groups is 2. The van der Waals surface area contributed by atoms with Crippen molar-refractivity contribution in [2.45, 2.75) is 51.5 Å². The van der Waals surface area contributed by atoms with Crippen molar-refractivity contribution < 1.29 is 9.59 Å². The fraction of sp³-hybridized carbons (Fsp3) is 0.650. The molecule has 2 saturated carbocycles. The molecule has 1 aromatic rings. The molecule has 0 bridgehead atoms. The normalized spacial score (nSPS) is 28.5. The van der Waals surface area contributed by atoms with Crippen LogP contribution in [-0.4, -0.2) is 34.8 Å². The van der Waals surface area contributed by atoms with E-state index in [4.69, 9.17) is 0 Å². The predicted molar refractivity (Wildman–Crippen MR) is 94.4 cm³/mol. The summed E-state index contributed by atoms with van der Waals surface area (Å²) in [5.41, 5.74) is 1.13. The third-order valence-corrected chi connectivity index (χ3v) is 6.40. The summed E-state index contributed by atoms with van der Waals surface area (Å²) in [4.78, 5) is 31.0. The van der Waals surface area contributed by atoms with Crippen molar-refractivity contribution in [2.24, 2.45) is 17.3 Å². The Morgan fingerprint density at radius 2 is 2.00 bits per heavy atom. The number of aromatic nitrogens is 1. The SMILES string of the molecule is O=C(NCc1ccncc1)[C@@H]1C[C@@]12CCN(C(=O)CC1CCCC1)C2. The summed E-state index contributed by atoms with van der Waals surface area (Å²) in [6.07, 6.45) is 11.1. The number of nitrogens with one attached hydrogen (secondary N) is 1. The Balaban J connectivity index is 1.25. The van der Waals surface area contributed by atoms with Crippen molar-refractivity contribution in [3.63, 3.8) is 0 Å². The second kappa shape index (κ2) is 6.77. The summed E-state index contributed by atoms with van der Waals surface area (Å²) in [5.74, 6) is 1.13. The van der Waals surface area contributed by atoms with Crippen LogP contribution in [0.2, 0.25) is 0 Å². The van der Waals surface area contributed by atoms with Gasteiger partial charge in [0.05, 0.1) is 0 Å². The molecular formula is C20H27N3O2. The molecule has 2 atom stereocenters. The largest absolute Gasteiger partial charge is 0.352 e. The van der Waals surface area contributed by atoms with E-state index < -0.39 is 0 Å². The number of carbonyl (C=O) groups excluding carboxylic acids is 2. The van der Waals surface area contributed by atoms with Crippen LogP contribution < -0.4 is 5.32 Å². The average molecular weight is 341 g/mol. The Morgan fingerprint density at radius 3 is 2.76 bits per heavy atom. The van der Waals surface area contributed by atoms with Crippen molar-refractivity contribution in [3.8, 4) is 0 Å². The minimum atomic E-state index is 0.0632. The van der Waals surface area contributed by atoms with Crippen LogP contribution in [0.25, 0.3) is 0 Å². The zero-order valence-corrected chi connectivity index (χ0v) is 14.7. The molecule has 1 saturated heterocycles. The number of likely N-dealkylation sites (tertiary alicyclic amines) is 1. The molecule has 4 rings (SSSR count). The van der Waals surface area contributed by atoms with Crippen LogP contribution in [0.15, 0.2) is 24.5 Å². The van der Waals surface area contributed by atoms with Gasteiger partial charge in [-0.3, -0.25) is 14.6 Å². The first-order chi connectivity index (χ1) is 12.2. The van der Waals surface area contributed by atoms with Crippen LogP contribution in [0.1, 0.15) is 50.5 Å². The highest BCUT2D eigenvalue weighted by Crippen LogP contribution is 2.58. The lowest BCUT2D eigenvalue weighted by Crippen LogP contribution is -2.32. The standard InChI is InChI=1S/C20H27N3O2/c24-18(11-15-3-1-2-4-15)23-10-7-20(14-23)12-17(20)19(25)22-13-16-5-8-21-9-6-16/h5-6,8-9,15,17H,1-4,7,10-14H2,(H,22,25)/t17-,20+/m0/s1. The molecule has 3 fully saturated rings. The monoisotopic (exact) mass is 341 g/mol. The first-order valence-electron chi connectivity index (χ1n) is 9.61. The van der Waals surface area contributed by atoms with Crippen LogP contribution in [0.4, 0.5) is 0 Å². The molecule has 0 aromatic carbocycles. The third kappa shape index (κ3) is 3.55. The molecule has 3 aliphatic rings. The molecule has 0 radical (unpaired) electrons. The molecule has 5 heteroatoms. The van der Waals surface area contributed by atoms with Crippen LogP contribution >= 0.6 is 0 Å². The van der Waals surface area contributed by atoms with Crippen molar-refractivity contribution in [1.29, 1.82) is 0 Å². The van der Waals surface area contributed by atoms with Gasteiger partial charge in [-0.05, 0) is 49.3 Å². The minimum absolute atomic E-state index is 0.0632. The van der Waals surface area contributed by atoms with Crippen LogP contribution in [0.5, 0.6) is 0 Å². The highest BCUT2D eigenvalue weighted by molar-refractivity contribution is 5.83. The summed E-state index contributed by atoms with van der Waals surface area (Å²) in [5, 5.41) is 3.04. The quantitative estimate of drug-likeness (QED) is 0.895. The maximum Gasteiger partial charge on any atom is 0.224 e. The Morgan fingerprint density at radius 1 is 1.24 bits per heavy atom. The van der Waals surface area contributed by atoms with Gasteiger partial charge in [0, 0.05) is 49.8 Å².